The average molecular weight is 326 g/mol. The van der Waals surface area contributed by atoms with Crippen molar-refractivity contribution in [2.75, 3.05) is 18.1 Å². The zero-order valence-corrected chi connectivity index (χ0v) is 13.2. The summed E-state index contributed by atoms with van der Waals surface area (Å²) in [5.74, 6) is 1.16. The van der Waals surface area contributed by atoms with Gasteiger partial charge in [-0.15, -0.1) is 11.3 Å². The lowest BCUT2D eigenvalue weighted by Crippen LogP contribution is -2.51. The van der Waals surface area contributed by atoms with Gasteiger partial charge in [-0.25, -0.2) is 9.59 Å². The van der Waals surface area contributed by atoms with Gasteiger partial charge in [-0.2, -0.15) is 11.8 Å². The van der Waals surface area contributed by atoms with Crippen molar-refractivity contribution >= 4 is 35.1 Å². The quantitative estimate of drug-likeness (QED) is 0.875. The predicted octanol–water partition coefficient (Wildman–Crippen LogP) is 2.34. The Morgan fingerprint density at radius 1 is 1.33 bits per heavy atom. The summed E-state index contributed by atoms with van der Waals surface area (Å²) >= 11 is 3.47. The highest BCUT2D eigenvalue weighted by atomic mass is 32.2. The number of thiophene rings is 1. The third-order valence-corrected chi connectivity index (χ3v) is 6.05. The van der Waals surface area contributed by atoms with Crippen LogP contribution in [0.4, 0.5) is 4.79 Å². The van der Waals surface area contributed by atoms with Gasteiger partial charge in [-0.3, -0.25) is 0 Å². The van der Waals surface area contributed by atoms with Crippen LogP contribution < -0.4 is 5.32 Å². The van der Waals surface area contributed by atoms with E-state index < -0.39 is 12.0 Å². The molecule has 3 heterocycles. The van der Waals surface area contributed by atoms with Crippen molar-refractivity contribution in [2.45, 2.75) is 31.3 Å². The van der Waals surface area contributed by atoms with Crippen LogP contribution in [0.5, 0.6) is 0 Å². The van der Waals surface area contributed by atoms with E-state index >= 15 is 0 Å². The predicted molar refractivity (Wildman–Crippen MR) is 84.0 cm³/mol. The topological polar surface area (TPSA) is 69.6 Å². The SMILES string of the molecule is O=C(O)C1c2ccsc2CCN1C(=O)NC1CCSCC1. The molecule has 2 amide bonds. The fourth-order valence-electron chi connectivity index (χ4n) is 2.90. The molecule has 2 aliphatic rings. The summed E-state index contributed by atoms with van der Waals surface area (Å²) in [4.78, 5) is 26.6. The summed E-state index contributed by atoms with van der Waals surface area (Å²) < 4.78 is 0. The molecule has 0 bridgehead atoms. The van der Waals surface area contributed by atoms with Crippen molar-refractivity contribution in [3.63, 3.8) is 0 Å². The number of carboxylic acids is 1. The maximum absolute atomic E-state index is 12.5. The first-order valence-electron chi connectivity index (χ1n) is 7.11. The van der Waals surface area contributed by atoms with E-state index in [1.807, 2.05) is 23.2 Å². The Labute approximate surface area is 131 Å². The van der Waals surface area contributed by atoms with Crippen molar-refractivity contribution in [1.29, 1.82) is 0 Å². The minimum atomic E-state index is -0.955. The number of carboxylic acid groups (broad SMARTS) is 1. The lowest BCUT2D eigenvalue weighted by Gasteiger charge is -2.35. The van der Waals surface area contributed by atoms with Crippen molar-refractivity contribution in [1.82, 2.24) is 10.2 Å². The van der Waals surface area contributed by atoms with E-state index in [-0.39, 0.29) is 12.1 Å². The van der Waals surface area contributed by atoms with Crippen LogP contribution in [-0.2, 0) is 11.2 Å². The lowest BCUT2D eigenvalue weighted by molar-refractivity contribution is -0.142. The molecule has 3 rings (SSSR count). The Kier molecular flexibility index (Phi) is 4.40. The Bertz CT molecular complexity index is 540. The van der Waals surface area contributed by atoms with Crippen molar-refractivity contribution in [3.05, 3.63) is 21.9 Å². The van der Waals surface area contributed by atoms with Crippen molar-refractivity contribution in [3.8, 4) is 0 Å². The first kappa shape index (κ1) is 14.7. The minimum Gasteiger partial charge on any atom is -0.479 e. The summed E-state index contributed by atoms with van der Waals surface area (Å²) in [5, 5.41) is 14.4. The molecule has 1 unspecified atom stereocenters. The fraction of sp³-hybridized carbons (Fsp3) is 0.571. The number of rotatable bonds is 2. The molecule has 0 radical (unpaired) electrons. The van der Waals surface area contributed by atoms with Crippen LogP contribution in [0, 0.1) is 0 Å². The molecule has 1 atom stereocenters. The molecule has 5 nitrogen and oxygen atoms in total. The Morgan fingerprint density at radius 2 is 2.10 bits per heavy atom. The van der Waals surface area contributed by atoms with E-state index in [0.29, 0.717) is 6.54 Å². The van der Waals surface area contributed by atoms with Gasteiger partial charge in [0.2, 0.25) is 0 Å². The summed E-state index contributed by atoms with van der Waals surface area (Å²) in [6.45, 7) is 0.470. The molecule has 21 heavy (non-hydrogen) atoms. The number of nitrogens with one attached hydrogen (secondary N) is 1. The zero-order chi connectivity index (χ0) is 14.8. The number of fused-ring (bicyclic) bond motifs is 1. The number of nitrogens with zero attached hydrogens (tertiary/aromatic N) is 1. The first-order valence-corrected chi connectivity index (χ1v) is 9.14. The Morgan fingerprint density at radius 3 is 2.81 bits per heavy atom. The van der Waals surface area contributed by atoms with Crippen LogP contribution in [0.3, 0.4) is 0 Å². The molecule has 1 fully saturated rings. The molecule has 1 saturated heterocycles. The number of hydrogen-bond donors (Lipinski definition) is 2. The van der Waals surface area contributed by atoms with Crippen molar-refractivity contribution < 1.29 is 14.7 Å². The fourth-order valence-corrected chi connectivity index (χ4v) is 4.91. The van der Waals surface area contributed by atoms with E-state index in [0.717, 1.165) is 41.2 Å². The molecular formula is C14H18N2O3S2. The van der Waals surface area contributed by atoms with Crippen LogP contribution in [0.15, 0.2) is 11.4 Å². The number of thioether (sulfide) groups is 1. The van der Waals surface area contributed by atoms with Gasteiger partial charge in [0.15, 0.2) is 6.04 Å². The largest absolute Gasteiger partial charge is 0.479 e. The molecule has 0 spiro atoms. The summed E-state index contributed by atoms with van der Waals surface area (Å²) in [6, 6.07) is 0.918. The third kappa shape index (κ3) is 3.03. The van der Waals surface area contributed by atoms with Crippen LogP contribution >= 0.6 is 23.1 Å². The molecule has 1 aromatic heterocycles. The molecule has 2 N–H and O–H groups in total. The molecular weight excluding hydrogens is 308 g/mol. The zero-order valence-electron chi connectivity index (χ0n) is 11.6. The number of carbonyl (C=O) groups is 2. The van der Waals surface area contributed by atoms with Crippen molar-refractivity contribution in [2.24, 2.45) is 0 Å². The van der Waals surface area contributed by atoms with Gasteiger partial charge >= 0.3 is 12.0 Å². The number of urea groups is 1. The van der Waals surface area contributed by atoms with E-state index in [9.17, 15) is 14.7 Å². The van der Waals surface area contributed by atoms with Crippen LogP contribution in [0.25, 0.3) is 0 Å². The highest BCUT2D eigenvalue weighted by molar-refractivity contribution is 7.99. The maximum Gasteiger partial charge on any atom is 0.331 e. The van der Waals surface area contributed by atoms with Gasteiger partial charge in [-0.1, -0.05) is 0 Å². The number of amides is 2. The highest BCUT2D eigenvalue weighted by Crippen LogP contribution is 2.33. The molecule has 1 aromatic rings. The summed E-state index contributed by atoms with van der Waals surface area (Å²) in [6.07, 6.45) is 2.67. The smallest absolute Gasteiger partial charge is 0.331 e. The number of hydrogen-bond acceptors (Lipinski definition) is 4. The summed E-state index contributed by atoms with van der Waals surface area (Å²) in [5.41, 5.74) is 0.771. The van der Waals surface area contributed by atoms with E-state index in [4.69, 9.17) is 0 Å². The highest BCUT2D eigenvalue weighted by Gasteiger charge is 2.37. The normalized spacial score (nSPS) is 22.7. The van der Waals surface area contributed by atoms with E-state index in [1.54, 1.807) is 11.3 Å². The minimum absolute atomic E-state index is 0.178. The van der Waals surface area contributed by atoms with Gasteiger partial charge in [-0.05, 0) is 47.8 Å². The average Bonchev–Trinajstić information content (AvgIpc) is 2.95. The summed E-state index contributed by atoms with van der Waals surface area (Å²) in [7, 11) is 0. The first-order chi connectivity index (χ1) is 10.2. The molecule has 114 valence electrons. The van der Waals surface area contributed by atoms with Gasteiger partial charge in [0.25, 0.3) is 0 Å². The Balaban J connectivity index is 1.74. The second-order valence-electron chi connectivity index (χ2n) is 5.32. The third-order valence-electron chi connectivity index (χ3n) is 4.01. The second-order valence-corrected chi connectivity index (χ2v) is 7.54. The van der Waals surface area contributed by atoms with Crippen LogP contribution in [0.2, 0.25) is 0 Å². The second kappa shape index (κ2) is 6.27. The van der Waals surface area contributed by atoms with E-state index in [2.05, 4.69) is 5.32 Å². The number of aliphatic carboxylic acids is 1. The monoisotopic (exact) mass is 326 g/mol. The van der Waals surface area contributed by atoms with Gasteiger partial charge in [0, 0.05) is 17.5 Å². The standard InChI is InChI=1S/C14H18N2O3S2/c17-13(18)12-10-4-8-21-11(10)1-5-16(12)14(19)15-9-2-6-20-7-3-9/h4,8-9,12H,1-3,5-7H2,(H,15,19)(H,17,18). The molecule has 0 aromatic carbocycles. The van der Waals surface area contributed by atoms with Gasteiger partial charge in [0.1, 0.15) is 0 Å². The van der Waals surface area contributed by atoms with Gasteiger partial charge in [0.05, 0.1) is 0 Å². The molecule has 0 saturated carbocycles. The molecule has 0 aliphatic carbocycles. The molecule has 7 heteroatoms. The molecule has 2 aliphatic heterocycles. The van der Waals surface area contributed by atoms with Gasteiger partial charge < -0.3 is 15.3 Å². The number of carbonyl (C=O) groups excluding carboxylic acids is 1. The van der Waals surface area contributed by atoms with E-state index in [1.165, 1.54) is 4.90 Å². The maximum atomic E-state index is 12.5. The van der Waals surface area contributed by atoms with Crippen LogP contribution in [-0.4, -0.2) is 46.1 Å². The van der Waals surface area contributed by atoms with Crippen LogP contribution in [0.1, 0.15) is 29.3 Å². The Hall–Kier alpha value is -1.21. The lowest BCUT2D eigenvalue weighted by atomic mass is 10.0.